The van der Waals surface area contributed by atoms with Crippen molar-refractivity contribution in [3.05, 3.63) is 82.7 Å². The van der Waals surface area contributed by atoms with Gasteiger partial charge in [0, 0.05) is 0 Å². The average Bonchev–Trinajstić information content (AvgIpc) is 3.24. The third-order valence-corrected chi connectivity index (χ3v) is 4.02. The van der Waals surface area contributed by atoms with Crippen molar-refractivity contribution in [2.24, 2.45) is 0 Å². The van der Waals surface area contributed by atoms with Crippen LogP contribution < -0.4 is 14.9 Å². The summed E-state index contributed by atoms with van der Waals surface area (Å²) in [7, 11) is 1.45. The Labute approximate surface area is 153 Å². The van der Waals surface area contributed by atoms with Crippen molar-refractivity contribution in [3.8, 4) is 23.0 Å². The van der Waals surface area contributed by atoms with Crippen molar-refractivity contribution in [2.75, 3.05) is 7.11 Å². The van der Waals surface area contributed by atoms with E-state index in [0.717, 1.165) is 0 Å². The Bertz CT molecular complexity index is 1170. The number of carbonyl (C=O) groups excluding carboxylic acids is 1. The van der Waals surface area contributed by atoms with E-state index in [9.17, 15) is 9.59 Å². The average molecular weight is 362 g/mol. The first-order valence-electron chi connectivity index (χ1n) is 8.14. The van der Waals surface area contributed by atoms with E-state index in [2.05, 4.69) is 0 Å². The Morgan fingerprint density at radius 2 is 1.74 bits per heavy atom. The summed E-state index contributed by atoms with van der Waals surface area (Å²) >= 11 is 0. The fourth-order valence-corrected chi connectivity index (χ4v) is 2.75. The molecule has 0 saturated heterocycles. The molecule has 6 heteroatoms. The van der Waals surface area contributed by atoms with Crippen LogP contribution in [-0.2, 0) is 0 Å². The minimum Gasteiger partial charge on any atom is -0.496 e. The van der Waals surface area contributed by atoms with Gasteiger partial charge in [0.25, 0.3) is 0 Å². The lowest BCUT2D eigenvalue weighted by atomic mass is 10.2. The monoisotopic (exact) mass is 362 g/mol. The molecule has 0 fully saturated rings. The van der Waals surface area contributed by atoms with Gasteiger partial charge in [0.15, 0.2) is 5.76 Å². The molecular weight excluding hydrogens is 348 g/mol. The molecule has 0 aliphatic rings. The van der Waals surface area contributed by atoms with Gasteiger partial charge in [-0.05, 0) is 36.4 Å². The van der Waals surface area contributed by atoms with Gasteiger partial charge in [0.2, 0.25) is 16.9 Å². The fourth-order valence-electron chi connectivity index (χ4n) is 2.75. The van der Waals surface area contributed by atoms with Crippen LogP contribution in [0.15, 0.2) is 80.6 Å². The van der Waals surface area contributed by atoms with Crippen LogP contribution in [0.3, 0.4) is 0 Å². The van der Waals surface area contributed by atoms with E-state index in [1.807, 2.05) is 0 Å². The summed E-state index contributed by atoms with van der Waals surface area (Å²) < 4.78 is 21.8. The molecule has 0 bridgehead atoms. The maximum Gasteiger partial charge on any atom is 0.347 e. The van der Waals surface area contributed by atoms with Gasteiger partial charge >= 0.3 is 5.97 Å². The Morgan fingerprint density at radius 3 is 2.52 bits per heavy atom. The lowest BCUT2D eigenvalue weighted by Gasteiger charge is -2.10. The fraction of sp³-hybridized carbons (Fsp3) is 0.0476. The number of benzene rings is 2. The molecule has 0 spiro atoms. The van der Waals surface area contributed by atoms with Gasteiger partial charge in [-0.15, -0.1) is 0 Å². The van der Waals surface area contributed by atoms with Gasteiger partial charge in [-0.2, -0.15) is 0 Å². The van der Waals surface area contributed by atoms with Crippen molar-refractivity contribution in [3.63, 3.8) is 0 Å². The highest BCUT2D eigenvalue weighted by atomic mass is 16.5. The zero-order chi connectivity index (χ0) is 18.8. The molecule has 134 valence electrons. The number of hydrogen-bond donors (Lipinski definition) is 0. The quantitative estimate of drug-likeness (QED) is 0.504. The van der Waals surface area contributed by atoms with Gasteiger partial charge in [-0.25, -0.2) is 4.79 Å². The van der Waals surface area contributed by atoms with Gasteiger partial charge in [0.05, 0.1) is 18.8 Å². The molecule has 0 aliphatic heterocycles. The zero-order valence-corrected chi connectivity index (χ0v) is 14.3. The van der Waals surface area contributed by atoms with E-state index in [4.69, 9.17) is 18.3 Å². The number of furan rings is 1. The normalized spacial score (nSPS) is 10.7. The van der Waals surface area contributed by atoms with Gasteiger partial charge in [-0.1, -0.05) is 24.3 Å². The van der Waals surface area contributed by atoms with Crippen molar-refractivity contribution in [1.29, 1.82) is 0 Å². The highest BCUT2D eigenvalue weighted by molar-refractivity contribution is 5.95. The molecule has 0 unspecified atom stereocenters. The second-order valence-corrected chi connectivity index (χ2v) is 5.65. The first kappa shape index (κ1) is 16.7. The molecule has 4 rings (SSSR count). The smallest absolute Gasteiger partial charge is 0.347 e. The Balaban J connectivity index is 1.87. The number of rotatable bonds is 4. The van der Waals surface area contributed by atoms with Crippen LogP contribution in [0.4, 0.5) is 0 Å². The summed E-state index contributed by atoms with van der Waals surface area (Å²) in [5, 5.41) is 0.302. The van der Waals surface area contributed by atoms with Crippen molar-refractivity contribution < 1.29 is 23.1 Å². The summed E-state index contributed by atoms with van der Waals surface area (Å²) in [5.74, 6) is -0.303. The first-order valence-corrected chi connectivity index (χ1v) is 8.14. The van der Waals surface area contributed by atoms with Crippen LogP contribution in [0, 0.1) is 0 Å². The van der Waals surface area contributed by atoms with Crippen molar-refractivity contribution in [1.82, 2.24) is 0 Å². The number of para-hydroxylation sites is 2. The maximum absolute atomic E-state index is 13.0. The largest absolute Gasteiger partial charge is 0.496 e. The topological polar surface area (TPSA) is 78.9 Å². The highest BCUT2D eigenvalue weighted by Crippen LogP contribution is 2.32. The Kier molecular flexibility index (Phi) is 4.22. The summed E-state index contributed by atoms with van der Waals surface area (Å²) in [6.45, 7) is 0. The molecule has 4 aromatic rings. The van der Waals surface area contributed by atoms with Crippen LogP contribution in [0.5, 0.6) is 11.5 Å². The molecule has 0 amide bonds. The number of fused-ring (bicyclic) bond motifs is 1. The number of ether oxygens (including phenoxy) is 2. The number of methoxy groups -OCH3 is 1. The predicted molar refractivity (Wildman–Crippen MR) is 98.1 cm³/mol. The van der Waals surface area contributed by atoms with E-state index >= 15 is 0 Å². The lowest BCUT2D eigenvalue weighted by Crippen LogP contribution is -2.17. The molecule has 0 aliphatic carbocycles. The highest BCUT2D eigenvalue weighted by Gasteiger charge is 2.24. The molecule has 0 radical (unpaired) electrons. The van der Waals surface area contributed by atoms with E-state index in [-0.39, 0.29) is 22.8 Å². The van der Waals surface area contributed by atoms with E-state index in [1.165, 1.54) is 13.4 Å². The van der Waals surface area contributed by atoms with E-state index < -0.39 is 11.4 Å². The second-order valence-electron chi connectivity index (χ2n) is 5.65. The molecule has 2 aromatic heterocycles. The lowest BCUT2D eigenvalue weighted by molar-refractivity contribution is 0.0727. The van der Waals surface area contributed by atoms with Gasteiger partial charge < -0.3 is 18.3 Å². The van der Waals surface area contributed by atoms with Crippen LogP contribution >= 0.6 is 0 Å². The molecule has 2 heterocycles. The molecule has 0 saturated carbocycles. The second kappa shape index (κ2) is 6.84. The minimum absolute atomic E-state index is 0.0481. The van der Waals surface area contributed by atoms with Crippen molar-refractivity contribution >= 4 is 16.9 Å². The van der Waals surface area contributed by atoms with Crippen LogP contribution in [0.2, 0.25) is 0 Å². The zero-order valence-electron chi connectivity index (χ0n) is 14.3. The Hall–Kier alpha value is -3.80. The summed E-state index contributed by atoms with van der Waals surface area (Å²) in [5.41, 5.74) is 0.0930. The number of hydrogen-bond acceptors (Lipinski definition) is 6. The van der Waals surface area contributed by atoms with Gasteiger partial charge in [-0.3, -0.25) is 4.79 Å². The van der Waals surface area contributed by atoms with Crippen LogP contribution in [0.25, 0.3) is 22.5 Å². The van der Waals surface area contributed by atoms with Crippen molar-refractivity contribution in [2.45, 2.75) is 0 Å². The number of carbonyl (C=O) groups is 1. The minimum atomic E-state index is -0.733. The molecule has 0 atom stereocenters. The third-order valence-electron chi connectivity index (χ3n) is 4.02. The molecular formula is C21H14O6. The summed E-state index contributed by atoms with van der Waals surface area (Å²) in [4.78, 5) is 25.6. The van der Waals surface area contributed by atoms with Gasteiger partial charge in [0.1, 0.15) is 16.9 Å². The number of esters is 1. The van der Waals surface area contributed by atoms with E-state index in [1.54, 1.807) is 60.7 Å². The molecule has 27 heavy (non-hydrogen) atoms. The van der Waals surface area contributed by atoms with Crippen LogP contribution in [0.1, 0.15) is 10.4 Å². The molecule has 6 nitrogen and oxygen atoms in total. The maximum atomic E-state index is 13.0. The summed E-state index contributed by atoms with van der Waals surface area (Å²) in [6, 6.07) is 16.6. The van der Waals surface area contributed by atoms with E-state index in [0.29, 0.717) is 16.7 Å². The van der Waals surface area contributed by atoms with Crippen LogP contribution in [-0.4, -0.2) is 13.1 Å². The summed E-state index contributed by atoms with van der Waals surface area (Å²) in [6.07, 6.45) is 1.44. The predicted octanol–water partition coefficient (Wildman–Crippen LogP) is 4.28. The molecule has 0 N–H and O–H groups in total. The standard InChI is InChI=1S/C21H14O6/c1-24-15-9-4-3-8-14(15)21(23)27-20-18(22)13-7-2-5-10-16(13)26-19(20)17-11-6-12-25-17/h2-12H,1H3. The first-order chi connectivity index (χ1) is 13.2. The Morgan fingerprint density at radius 1 is 0.963 bits per heavy atom. The molecule has 2 aromatic carbocycles. The SMILES string of the molecule is COc1ccccc1C(=O)Oc1c(-c2ccco2)oc2ccccc2c1=O. The third kappa shape index (κ3) is 2.97.